The van der Waals surface area contributed by atoms with Gasteiger partial charge in [-0.15, -0.1) is 11.8 Å². The number of carboxylic acid groups (broad SMARTS) is 1. The van der Waals surface area contributed by atoms with Crippen molar-refractivity contribution in [3.63, 3.8) is 0 Å². The molecule has 0 radical (unpaired) electrons. The number of pyridine rings is 1. The maximum atomic E-state index is 14.4. The predicted molar refractivity (Wildman–Crippen MR) is 184 cm³/mol. The average molecular weight is 709 g/mol. The van der Waals surface area contributed by atoms with Gasteiger partial charge in [0.2, 0.25) is 11.8 Å². The number of nitrogens with one attached hydrogen (secondary N) is 2. The molecule has 0 spiro atoms. The van der Waals surface area contributed by atoms with Crippen molar-refractivity contribution in [2.45, 2.75) is 105 Å². The van der Waals surface area contributed by atoms with Crippen molar-refractivity contribution < 1.29 is 43.3 Å². The molecule has 50 heavy (non-hydrogen) atoms. The van der Waals surface area contributed by atoms with Crippen LogP contribution in [0.15, 0.2) is 41.3 Å². The van der Waals surface area contributed by atoms with Gasteiger partial charge in [-0.2, -0.15) is 0 Å². The van der Waals surface area contributed by atoms with Gasteiger partial charge in [0, 0.05) is 28.7 Å². The number of rotatable bonds is 7. The van der Waals surface area contributed by atoms with E-state index in [-0.39, 0.29) is 36.4 Å². The van der Waals surface area contributed by atoms with Gasteiger partial charge in [-0.1, -0.05) is 31.1 Å². The zero-order valence-corrected chi connectivity index (χ0v) is 29.2. The molecule has 13 nitrogen and oxygen atoms in total. The van der Waals surface area contributed by atoms with Gasteiger partial charge in [0.25, 0.3) is 0 Å². The van der Waals surface area contributed by atoms with Crippen LogP contribution in [0, 0.1) is 5.92 Å². The molecule has 0 bridgehead atoms. The molecular weight excluding hydrogens is 664 g/mol. The van der Waals surface area contributed by atoms with Crippen LogP contribution < -0.4 is 15.4 Å². The average Bonchev–Trinajstić information content (AvgIpc) is 3.38. The second kappa shape index (κ2) is 15.3. The lowest BCUT2D eigenvalue weighted by Gasteiger charge is -2.29. The summed E-state index contributed by atoms with van der Waals surface area (Å²) in [5.41, 5.74) is -0.979. The monoisotopic (exact) mass is 708 g/mol. The summed E-state index contributed by atoms with van der Waals surface area (Å²) < 4.78 is 17.2. The number of para-hydroxylation sites is 1. The first-order valence-electron chi connectivity index (χ1n) is 17.4. The number of amides is 3. The van der Waals surface area contributed by atoms with Crippen molar-refractivity contribution in [3.8, 4) is 5.75 Å². The number of aromatic nitrogens is 1. The number of carbonyl (C=O) groups excluding carboxylic acids is 4. The molecular formula is C36H44N4O9S. The van der Waals surface area contributed by atoms with Gasteiger partial charge < -0.3 is 34.9 Å². The highest BCUT2D eigenvalue weighted by Crippen LogP contribution is 2.46. The van der Waals surface area contributed by atoms with E-state index in [0.717, 1.165) is 49.8 Å². The summed E-state index contributed by atoms with van der Waals surface area (Å²) in [5.74, 6) is -2.76. The van der Waals surface area contributed by atoms with Crippen molar-refractivity contribution in [1.82, 2.24) is 20.5 Å². The Balaban J connectivity index is 1.32. The Labute approximate surface area is 294 Å². The molecule has 6 rings (SSSR count). The summed E-state index contributed by atoms with van der Waals surface area (Å²) in [6.45, 7) is -0.0181. The van der Waals surface area contributed by atoms with Crippen LogP contribution in [0.1, 0.15) is 81.1 Å². The molecule has 14 heteroatoms. The van der Waals surface area contributed by atoms with E-state index in [1.807, 2.05) is 30.5 Å². The molecule has 3 heterocycles. The predicted octanol–water partition coefficient (Wildman–Crippen LogP) is 4.61. The number of hydrogen-bond donors (Lipinski definition) is 3. The third kappa shape index (κ3) is 7.54. The second-order valence-corrected chi connectivity index (χ2v) is 14.3. The first-order valence-corrected chi connectivity index (χ1v) is 18.6. The Morgan fingerprint density at radius 2 is 1.86 bits per heavy atom. The van der Waals surface area contributed by atoms with E-state index < -0.39 is 53.6 Å². The smallest absolute Gasteiger partial charge is 0.408 e. The van der Waals surface area contributed by atoms with E-state index >= 15 is 0 Å². The van der Waals surface area contributed by atoms with Gasteiger partial charge in [-0.3, -0.25) is 9.59 Å². The van der Waals surface area contributed by atoms with E-state index in [0.29, 0.717) is 30.2 Å². The van der Waals surface area contributed by atoms with Gasteiger partial charge in [-0.25, -0.2) is 19.4 Å². The van der Waals surface area contributed by atoms with Crippen LogP contribution in [0.2, 0.25) is 0 Å². The number of benzene rings is 1. The molecule has 1 aromatic carbocycles. The summed E-state index contributed by atoms with van der Waals surface area (Å²) in [4.78, 5) is 73.2. The number of carboxylic acids is 1. The quantitative estimate of drug-likeness (QED) is 0.208. The Kier molecular flexibility index (Phi) is 10.8. The number of nitrogens with zero attached hydrogens (tertiary/aromatic N) is 2. The summed E-state index contributed by atoms with van der Waals surface area (Å²) in [6.07, 6.45) is 11.6. The topological polar surface area (TPSA) is 173 Å². The van der Waals surface area contributed by atoms with Gasteiger partial charge >= 0.3 is 18.0 Å². The molecule has 268 valence electrons. The zero-order chi connectivity index (χ0) is 35.4. The number of esters is 1. The number of aromatic carboxylic acids is 1. The van der Waals surface area contributed by atoms with Gasteiger partial charge in [0.05, 0.1) is 19.2 Å². The normalized spacial score (nSPS) is 27.4. The minimum absolute atomic E-state index is 0.0181. The Morgan fingerprint density at radius 3 is 2.60 bits per heavy atom. The molecule has 2 aliphatic carbocycles. The number of methoxy groups -OCH3 is 1. The van der Waals surface area contributed by atoms with Crippen LogP contribution in [0.4, 0.5) is 4.79 Å². The molecule has 4 aliphatic rings. The van der Waals surface area contributed by atoms with Crippen molar-refractivity contribution in [1.29, 1.82) is 0 Å². The number of ether oxygens (including phenoxy) is 3. The zero-order valence-electron chi connectivity index (χ0n) is 28.4. The number of carbonyl (C=O) groups is 5. The van der Waals surface area contributed by atoms with Crippen LogP contribution >= 0.6 is 11.8 Å². The SMILES string of the molecule is COC(=O)[C@@]12CC1C=CCCCCC[C@H](NC(=O)OC1CCCC1)C(=O)N1C[C@H](Oc3cc(C(=O)O)nc4c(SC)cccc34)C[C@H]1C(=O)N2. The van der Waals surface area contributed by atoms with Crippen molar-refractivity contribution in [3.05, 3.63) is 42.1 Å². The minimum Gasteiger partial charge on any atom is -0.488 e. The summed E-state index contributed by atoms with van der Waals surface area (Å²) in [7, 11) is 1.28. The number of allylic oxidation sites excluding steroid dienone is 1. The maximum absolute atomic E-state index is 14.4. The van der Waals surface area contributed by atoms with Crippen molar-refractivity contribution in [2.24, 2.45) is 5.92 Å². The highest BCUT2D eigenvalue weighted by molar-refractivity contribution is 7.98. The fraction of sp³-hybridized carbons (Fsp3) is 0.556. The third-order valence-corrected chi connectivity index (χ3v) is 10.9. The second-order valence-electron chi connectivity index (χ2n) is 13.5. The lowest BCUT2D eigenvalue weighted by molar-refractivity contribution is -0.148. The van der Waals surface area contributed by atoms with Crippen LogP contribution in [-0.2, 0) is 23.9 Å². The van der Waals surface area contributed by atoms with Crippen LogP contribution in [0.25, 0.3) is 10.9 Å². The lowest BCUT2D eigenvalue weighted by atomic mass is 10.0. The fourth-order valence-corrected chi connectivity index (χ4v) is 7.96. The molecule has 1 saturated heterocycles. The lowest BCUT2D eigenvalue weighted by Crippen LogP contribution is -2.56. The molecule has 2 aliphatic heterocycles. The van der Waals surface area contributed by atoms with E-state index in [1.165, 1.54) is 29.8 Å². The first-order chi connectivity index (χ1) is 24.1. The maximum Gasteiger partial charge on any atom is 0.408 e. The van der Waals surface area contributed by atoms with E-state index in [2.05, 4.69) is 15.6 Å². The van der Waals surface area contributed by atoms with Crippen LogP contribution in [0.5, 0.6) is 5.75 Å². The Hall–Kier alpha value is -4.33. The third-order valence-electron chi connectivity index (χ3n) is 10.2. The van der Waals surface area contributed by atoms with Crippen molar-refractivity contribution in [2.75, 3.05) is 19.9 Å². The largest absolute Gasteiger partial charge is 0.488 e. The van der Waals surface area contributed by atoms with Crippen LogP contribution in [-0.4, -0.2) is 94.6 Å². The summed E-state index contributed by atoms with van der Waals surface area (Å²) in [6, 6.07) is 4.80. The number of alkyl carbamates (subject to hydrolysis) is 1. The summed E-state index contributed by atoms with van der Waals surface area (Å²) in [5, 5.41) is 16.2. The van der Waals surface area contributed by atoms with E-state index in [9.17, 15) is 29.1 Å². The number of hydrogen-bond acceptors (Lipinski definition) is 10. The summed E-state index contributed by atoms with van der Waals surface area (Å²) >= 11 is 1.42. The fourth-order valence-electron chi connectivity index (χ4n) is 7.39. The van der Waals surface area contributed by atoms with Crippen LogP contribution in [0.3, 0.4) is 0 Å². The van der Waals surface area contributed by atoms with Crippen molar-refractivity contribution >= 4 is 52.5 Å². The van der Waals surface area contributed by atoms with E-state index in [4.69, 9.17) is 14.2 Å². The Morgan fingerprint density at radius 1 is 1.08 bits per heavy atom. The minimum atomic E-state index is -1.25. The van der Waals surface area contributed by atoms with Gasteiger partial charge in [0.1, 0.15) is 35.6 Å². The molecule has 1 unspecified atom stereocenters. The highest BCUT2D eigenvalue weighted by Gasteiger charge is 2.62. The van der Waals surface area contributed by atoms with E-state index in [1.54, 1.807) is 6.07 Å². The molecule has 3 N–H and O–H groups in total. The van der Waals surface area contributed by atoms with Gasteiger partial charge in [0.15, 0.2) is 5.69 Å². The van der Waals surface area contributed by atoms with Gasteiger partial charge in [-0.05, 0) is 69.8 Å². The highest BCUT2D eigenvalue weighted by atomic mass is 32.2. The number of thioether (sulfide) groups is 1. The molecule has 3 amide bonds. The standard InChI is InChI=1S/C36H44N4O9S/c1-47-34(45)36-19-21(36)11-6-4-3-5-7-15-25(38-35(46)49-22-12-8-9-13-22)32(42)40-20-23(17-27(40)31(41)39-36)48-28-18-26(33(43)44)37-30-24(28)14-10-16-29(30)50-2/h6,10-11,14,16,18,21-23,25,27H,3-5,7-9,12-13,15,17,19-20H2,1-2H3,(H,38,46)(H,39,41)(H,43,44)/t21?,23-,25+,27+,36-/m1/s1. The number of fused-ring (bicyclic) bond motifs is 3. The molecule has 1 aromatic heterocycles. The molecule has 5 atom stereocenters. The first kappa shape index (κ1) is 35.5. The molecule has 3 fully saturated rings. The Bertz CT molecular complexity index is 1680. The molecule has 2 aromatic rings. The molecule has 2 saturated carbocycles.